The standard InChI is InChI=1S/C15H19ClFNO2/c16-12-2-1-3-13(14(12)17)18-11-4-7-20-15(10-11)5-8-19-9-6-15/h1-3,11,18H,4-10H2. The van der Waals surface area contributed by atoms with Crippen LogP contribution in [-0.4, -0.2) is 31.5 Å². The van der Waals surface area contributed by atoms with Crippen molar-refractivity contribution < 1.29 is 13.9 Å². The SMILES string of the molecule is Fc1c(Cl)cccc1NC1CCOC2(CCOCC2)C1. The van der Waals surface area contributed by atoms with Crippen LogP contribution >= 0.6 is 11.6 Å². The molecule has 1 aromatic carbocycles. The molecular weight excluding hydrogens is 281 g/mol. The van der Waals surface area contributed by atoms with Gasteiger partial charge in [0.25, 0.3) is 0 Å². The third-order valence-corrected chi connectivity index (χ3v) is 4.50. The lowest BCUT2D eigenvalue weighted by Gasteiger charge is -2.43. The van der Waals surface area contributed by atoms with Crippen LogP contribution in [0.2, 0.25) is 5.02 Å². The summed E-state index contributed by atoms with van der Waals surface area (Å²) in [6.45, 7) is 2.20. The molecule has 20 heavy (non-hydrogen) atoms. The number of hydrogen-bond donors (Lipinski definition) is 1. The second-order valence-electron chi connectivity index (χ2n) is 5.58. The lowest BCUT2D eigenvalue weighted by atomic mass is 9.84. The molecule has 2 heterocycles. The Balaban J connectivity index is 1.69. The molecule has 1 spiro atoms. The fraction of sp³-hybridized carbons (Fsp3) is 0.600. The van der Waals surface area contributed by atoms with Crippen LogP contribution in [0.25, 0.3) is 0 Å². The molecule has 1 atom stereocenters. The van der Waals surface area contributed by atoms with Crippen molar-refractivity contribution in [2.75, 3.05) is 25.1 Å². The number of hydrogen-bond acceptors (Lipinski definition) is 3. The van der Waals surface area contributed by atoms with Gasteiger partial charge in [-0.1, -0.05) is 17.7 Å². The molecular formula is C15H19ClFNO2. The van der Waals surface area contributed by atoms with Crippen LogP contribution in [0.3, 0.4) is 0 Å². The van der Waals surface area contributed by atoms with Crippen LogP contribution in [0.15, 0.2) is 18.2 Å². The Bertz CT molecular complexity index is 471. The van der Waals surface area contributed by atoms with E-state index in [4.69, 9.17) is 21.1 Å². The summed E-state index contributed by atoms with van der Waals surface area (Å²) >= 11 is 5.82. The number of halogens is 2. The van der Waals surface area contributed by atoms with Gasteiger partial charge in [0.05, 0.1) is 16.3 Å². The molecule has 0 aromatic heterocycles. The van der Waals surface area contributed by atoms with Gasteiger partial charge in [0.15, 0.2) is 5.82 Å². The summed E-state index contributed by atoms with van der Waals surface area (Å²) < 4.78 is 25.3. The van der Waals surface area contributed by atoms with E-state index < -0.39 is 0 Å². The van der Waals surface area contributed by atoms with Gasteiger partial charge in [-0.3, -0.25) is 0 Å². The van der Waals surface area contributed by atoms with E-state index in [0.717, 1.165) is 38.9 Å². The summed E-state index contributed by atoms with van der Waals surface area (Å²) in [6.07, 6.45) is 3.61. The van der Waals surface area contributed by atoms with Crippen LogP contribution < -0.4 is 5.32 Å². The Morgan fingerprint density at radius 2 is 2.05 bits per heavy atom. The third kappa shape index (κ3) is 2.92. The van der Waals surface area contributed by atoms with Crippen molar-refractivity contribution in [1.29, 1.82) is 0 Å². The molecule has 1 N–H and O–H groups in total. The van der Waals surface area contributed by atoms with Gasteiger partial charge in [-0.05, 0) is 37.8 Å². The van der Waals surface area contributed by atoms with Gasteiger partial charge in [0, 0.05) is 25.9 Å². The number of anilines is 1. The Hall–Kier alpha value is -0.840. The molecule has 0 radical (unpaired) electrons. The van der Waals surface area contributed by atoms with Crippen LogP contribution in [-0.2, 0) is 9.47 Å². The van der Waals surface area contributed by atoms with Gasteiger partial charge in [0.1, 0.15) is 0 Å². The highest BCUT2D eigenvalue weighted by Gasteiger charge is 2.39. The monoisotopic (exact) mass is 299 g/mol. The fourth-order valence-electron chi connectivity index (χ4n) is 3.08. The molecule has 110 valence electrons. The average molecular weight is 300 g/mol. The predicted octanol–water partition coefficient (Wildman–Crippen LogP) is 3.62. The maximum Gasteiger partial charge on any atom is 0.164 e. The van der Waals surface area contributed by atoms with Crippen molar-refractivity contribution >= 4 is 17.3 Å². The van der Waals surface area contributed by atoms with Crippen LogP contribution in [0.5, 0.6) is 0 Å². The second-order valence-corrected chi connectivity index (χ2v) is 5.99. The lowest BCUT2D eigenvalue weighted by molar-refractivity contribution is -0.135. The topological polar surface area (TPSA) is 30.5 Å². The van der Waals surface area contributed by atoms with E-state index in [-0.39, 0.29) is 22.5 Å². The summed E-state index contributed by atoms with van der Waals surface area (Å²) in [4.78, 5) is 0. The van der Waals surface area contributed by atoms with Crippen molar-refractivity contribution in [2.45, 2.75) is 37.3 Å². The Labute approximate surface area is 123 Å². The molecule has 1 unspecified atom stereocenters. The molecule has 5 heteroatoms. The Kier molecular flexibility index (Phi) is 4.15. The molecule has 0 saturated carbocycles. The van der Waals surface area contributed by atoms with Crippen LogP contribution in [0, 0.1) is 5.82 Å². The normalized spacial score (nSPS) is 25.6. The zero-order valence-corrected chi connectivity index (χ0v) is 12.1. The molecule has 2 saturated heterocycles. The zero-order valence-electron chi connectivity index (χ0n) is 11.3. The number of nitrogens with one attached hydrogen (secondary N) is 1. The maximum absolute atomic E-state index is 13.9. The second kappa shape index (κ2) is 5.88. The summed E-state index contributed by atoms with van der Waals surface area (Å²) in [5.74, 6) is -0.373. The highest BCUT2D eigenvalue weighted by atomic mass is 35.5. The Morgan fingerprint density at radius 3 is 2.85 bits per heavy atom. The first-order chi connectivity index (χ1) is 9.69. The van der Waals surface area contributed by atoms with Gasteiger partial charge in [-0.15, -0.1) is 0 Å². The van der Waals surface area contributed by atoms with Gasteiger partial charge >= 0.3 is 0 Å². The van der Waals surface area contributed by atoms with Gasteiger partial charge in [-0.2, -0.15) is 0 Å². The van der Waals surface area contributed by atoms with E-state index in [9.17, 15) is 4.39 Å². The number of ether oxygens (including phenoxy) is 2. The Morgan fingerprint density at radius 1 is 1.25 bits per heavy atom. The molecule has 3 rings (SSSR count). The van der Waals surface area contributed by atoms with E-state index in [2.05, 4.69) is 5.32 Å². The smallest absolute Gasteiger partial charge is 0.164 e. The quantitative estimate of drug-likeness (QED) is 0.905. The molecule has 0 amide bonds. The first-order valence-electron chi connectivity index (χ1n) is 7.11. The van der Waals surface area contributed by atoms with E-state index in [1.165, 1.54) is 0 Å². The molecule has 0 bridgehead atoms. The number of rotatable bonds is 2. The summed E-state index contributed by atoms with van der Waals surface area (Å²) in [6, 6.07) is 5.27. The summed E-state index contributed by atoms with van der Waals surface area (Å²) in [5, 5.41) is 3.44. The van der Waals surface area contributed by atoms with Crippen LogP contribution in [0.4, 0.5) is 10.1 Å². The highest BCUT2D eigenvalue weighted by Crippen LogP contribution is 2.35. The third-order valence-electron chi connectivity index (χ3n) is 4.21. The fourth-order valence-corrected chi connectivity index (χ4v) is 3.25. The lowest BCUT2D eigenvalue weighted by Crippen LogP contribution is -2.47. The molecule has 2 aliphatic rings. The van der Waals surface area contributed by atoms with Gasteiger partial charge in [-0.25, -0.2) is 4.39 Å². The molecule has 3 nitrogen and oxygen atoms in total. The van der Waals surface area contributed by atoms with Crippen molar-refractivity contribution in [2.24, 2.45) is 0 Å². The summed E-state index contributed by atoms with van der Waals surface area (Å²) in [7, 11) is 0. The average Bonchev–Trinajstić information content (AvgIpc) is 2.45. The molecule has 1 aromatic rings. The minimum absolute atomic E-state index is 0.0940. The maximum atomic E-state index is 13.9. The van der Waals surface area contributed by atoms with Crippen molar-refractivity contribution in [3.63, 3.8) is 0 Å². The molecule has 2 aliphatic heterocycles. The zero-order chi connectivity index (χ0) is 14.0. The minimum atomic E-state index is -0.373. The largest absolute Gasteiger partial charge is 0.381 e. The predicted molar refractivity (Wildman–Crippen MR) is 76.8 cm³/mol. The van der Waals surface area contributed by atoms with E-state index in [1.807, 2.05) is 0 Å². The van der Waals surface area contributed by atoms with Crippen molar-refractivity contribution in [3.8, 4) is 0 Å². The van der Waals surface area contributed by atoms with Crippen molar-refractivity contribution in [1.82, 2.24) is 0 Å². The highest BCUT2D eigenvalue weighted by molar-refractivity contribution is 6.31. The van der Waals surface area contributed by atoms with Crippen molar-refractivity contribution in [3.05, 3.63) is 29.0 Å². The molecule has 2 fully saturated rings. The number of benzene rings is 1. The van der Waals surface area contributed by atoms with E-state index in [0.29, 0.717) is 12.3 Å². The summed E-state index contributed by atoms with van der Waals surface area (Å²) in [5.41, 5.74) is 0.384. The first-order valence-corrected chi connectivity index (χ1v) is 7.49. The van der Waals surface area contributed by atoms with Gasteiger partial charge < -0.3 is 14.8 Å². The van der Waals surface area contributed by atoms with Crippen LogP contribution in [0.1, 0.15) is 25.7 Å². The van der Waals surface area contributed by atoms with Gasteiger partial charge in [0.2, 0.25) is 0 Å². The minimum Gasteiger partial charge on any atom is -0.381 e. The van der Waals surface area contributed by atoms with E-state index in [1.54, 1.807) is 18.2 Å². The van der Waals surface area contributed by atoms with E-state index >= 15 is 0 Å². The first kappa shape index (κ1) is 14.1. The molecule has 0 aliphatic carbocycles.